The van der Waals surface area contributed by atoms with E-state index in [0.29, 0.717) is 0 Å². The summed E-state index contributed by atoms with van der Waals surface area (Å²) in [6, 6.07) is 15.7. The van der Waals surface area contributed by atoms with E-state index in [2.05, 4.69) is 55.7 Å². The third-order valence-corrected chi connectivity index (χ3v) is 8.82. The number of halogens is 2. The Labute approximate surface area is 253 Å². The van der Waals surface area contributed by atoms with Gasteiger partial charge in [0, 0.05) is 0 Å². The Morgan fingerprint density at radius 2 is 0.634 bits per heavy atom. The molecule has 0 heterocycles. The zero-order valence-electron chi connectivity index (χ0n) is 26.3. The van der Waals surface area contributed by atoms with Gasteiger partial charge in [0.05, 0.1) is 0 Å². The summed E-state index contributed by atoms with van der Waals surface area (Å²) in [6.45, 7) is 0. The van der Waals surface area contributed by atoms with Crippen LogP contribution in [0.5, 0.6) is 0 Å². The number of hydrogen-bond donors (Lipinski definition) is 0. The molecule has 0 aliphatic heterocycles. The molecule has 0 unspecified atom stereocenters. The molecule has 0 fully saturated rings. The summed E-state index contributed by atoms with van der Waals surface area (Å²) in [5.41, 5.74) is 17.0. The van der Waals surface area contributed by atoms with Crippen molar-refractivity contribution in [3.8, 4) is 22.3 Å². The summed E-state index contributed by atoms with van der Waals surface area (Å²) in [5, 5.41) is 0. The second-order valence-corrected chi connectivity index (χ2v) is 12.3. The van der Waals surface area contributed by atoms with E-state index in [1.54, 1.807) is 24.3 Å². The average Bonchev–Trinajstić information content (AvgIpc) is 2.85. The van der Waals surface area contributed by atoms with Crippen molar-refractivity contribution >= 4 is 106 Å². The van der Waals surface area contributed by atoms with Crippen molar-refractivity contribution in [1.82, 2.24) is 0 Å². The molecule has 4 rings (SSSR count). The van der Waals surface area contributed by atoms with Crippen molar-refractivity contribution in [1.29, 1.82) is 0 Å². The molecule has 0 nitrogen and oxygen atoms in total. The molecular weight excluding hydrogens is 497 g/mol. The van der Waals surface area contributed by atoms with E-state index in [0.717, 1.165) is 45.8 Å². The molecule has 0 spiro atoms. The fourth-order valence-electron chi connectivity index (χ4n) is 6.93. The molecule has 0 saturated carbocycles. The molecule has 0 aromatic heterocycles. The molecular formula is C31H38B8F2. The summed E-state index contributed by atoms with van der Waals surface area (Å²) in [4.78, 5) is 0. The van der Waals surface area contributed by atoms with Gasteiger partial charge in [-0.2, -0.15) is 0 Å². The van der Waals surface area contributed by atoms with Gasteiger partial charge in [0.2, 0.25) is 0 Å². The van der Waals surface area contributed by atoms with Gasteiger partial charge < -0.3 is 0 Å². The lowest BCUT2D eigenvalue weighted by Gasteiger charge is -2.17. The molecule has 0 saturated heterocycles. The zero-order chi connectivity index (χ0) is 29.8. The van der Waals surface area contributed by atoms with Crippen LogP contribution in [0.25, 0.3) is 22.3 Å². The number of benzene rings is 4. The molecule has 10 heteroatoms. The largest absolute Gasteiger partial charge is 0.207 e. The van der Waals surface area contributed by atoms with E-state index in [-0.39, 0.29) is 11.6 Å². The average molecular weight is 535 g/mol. The van der Waals surface area contributed by atoms with Crippen LogP contribution >= 0.6 is 0 Å². The first-order valence-electron chi connectivity index (χ1n) is 15.2. The van der Waals surface area contributed by atoms with Crippen LogP contribution in [0.15, 0.2) is 48.5 Å². The Hall–Kier alpha value is -2.74. The predicted octanol–water partition coefficient (Wildman–Crippen LogP) is -4.90. The van der Waals surface area contributed by atoms with Crippen molar-refractivity contribution in [2.24, 2.45) is 0 Å². The van der Waals surface area contributed by atoms with E-state index in [1.807, 2.05) is 31.4 Å². The second kappa shape index (κ2) is 13.5. The molecule has 200 valence electrons. The summed E-state index contributed by atoms with van der Waals surface area (Å²) >= 11 is 0. The van der Waals surface area contributed by atoms with Gasteiger partial charge in [-0.25, -0.2) is 8.78 Å². The molecule has 41 heavy (non-hydrogen) atoms. The maximum atomic E-state index is 13.8. The van der Waals surface area contributed by atoms with Crippen LogP contribution in [-0.4, -0.2) is 62.8 Å². The first-order valence-corrected chi connectivity index (χ1v) is 15.2. The van der Waals surface area contributed by atoms with Gasteiger partial charge in [-0.05, 0) is 72.2 Å². The van der Waals surface area contributed by atoms with Crippen LogP contribution in [0.4, 0.5) is 8.78 Å². The maximum Gasteiger partial charge on any atom is 0.140 e. The predicted molar refractivity (Wildman–Crippen MR) is 200 cm³/mol. The van der Waals surface area contributed by atoms with Crippen LogP contribution < -0.4 is 43.7 Å². The van der Waals surface area contributed by atoms with E-state index in [4.69, 9.17) is 0 Å². The lowest BCUT2D eigenvalue weighted by molar-refractivity contribution is 0.615. The minimum absolute atomic E-state index is 0.163. The second-order valence-electron chi connectivity index (χ2n) is 12.3. The molecule has 0 aliphatic rings. The maximum absolute atomic E-state index is 13.8. The van der Waals surface area contributed by atoms with Gasteiger partial charge in [-0.1, -0.05) is 98.4 Å². The highest BCUT2D eigenvalue weighted by Crippen LogP contribution is 2.17. The van der Waals surface area contributed by atoms with Crippen molar-refractivity contribution < 1.29 is 8.78 Å². The molecule has 0 atom stereocenters. The molecule has 4 aromatic carbocycles. The number of rotatable bonds is 10. The zero-order valence-corrected chi connectivity index (χ0v) is 26.3. The fraction of sp³-hybridized carbons (Fsp3) is 0.226. The fourth-order valence-corrected chi connectivity index (χ4v) is 6.93. The monoisotopic (exact) mass is 536 g/mol. The van der Waals surface area contributed by atoms with Gasteiger partial charge in [-0.3, -0.25) is 0 Å². The minimum Gasteiger partial charge on any atom is -0.207 e. The Bertz CT molecular complexity index is 1380. The molecule has 0 aliphatic carbocycles. The lowest BCUT2D eigenvalue weighted by Crippen LogP contribution is -2.27. The van der Waals surface area contributed by atoms with Crippen molar-refractivity contribution in [3.05, 3.63) is 71.3 Å². The van der Waals surface area contributed by atoms with Gasteiger partial charge in [-0.15, -0.1) is 0 Å². The first-order chi connectivity index (χ1) is 19.5. The van der Waals surface area contributed by atoms with Gasteiger partial charge >= 0.3 is 0 Å². The quantitative estimate of drug-likeness (QED) is 0.141. The molecule has 0 amide bonds. The Morgan fingerprint density at radius 3 is 0.927 bits per heavy atom. The van der Waals surface area contributed by atoms with E-state index >= 15 is 0 Å². The van der Waals surface area contributed by atoms with E-state index in [1.165, 1.54) is 76.2 Å². The standard InChI is InChI=1S/C31H38B8F2/c32-22-8-16(30-26(36)12-18(40)13-27(30)37)9-23(33)20(22)6-4-2-1-3-5-7-21-24(34)10-17(11-25(21)35)31-28(38)14-19(41)15-29(31)39/h8-15H,1-7,32-39H2. The van der Waals surface area contributed by atoms with Crippen LogP contribution in [0.2, 0.25) is 0 Å². The van der Waals surface area contributed by atoms with Crippen molar-refractivity contribution in [3.63, 3.8) is 0 Å². The van der Waals surface area contributed by atoms with Crippen LogP contribution in [0.1, 0.15) is 43.2 Å². The van der Waals surface area contributed by atoms with Crippen LogP contribution in [0, 0.1) is 11.6 Å². The first kappa shape index (κ1) is 31.2. The SMILES string of the molecule is Bc1cc(-c2c(B)cc(F)cc2B)cc(B)c1CCCCCCCc1c(B)cc(-c2c(B)cc(F)cc2B)cc1B. The highest BCUT2D eigenvalue weighted by atomic mass is 19.1. The third kappa shape index (κ3) is 7.37. The smallest absolute Gasteiger partial charge is 0.140 e. The molecule has 4 aromatic rings. The Balaban J connectivity index is 1.29. The highest BCUT2D eigenvalue weighted by molar-refractivity contribution is 6.46. The molecule has 0 N–H and O–H groups in total. The van der Waals surface area contributed by atoms with Gasteiger partial charge in [0.15, 0.2) is 0 Å². The normalized spacial score (nSPS) is 11.2. The Morgan fingerprint density at radius 1 is 0.366 bits per heavy atom. The molecule has 0 bridgehead atoms. The van der Waals surface area contributed by atoms with Crippen LogP contribution in [0.3, 0.4) is 0 Å². The minimum atomic E-state index is -0.163. The van der Waals surface area contributed by atoms with E-state index < -0.39 is 0 Å². The van der Waals surface area contributed by atoms with Gasteiger partial charge in [0.1, 0.15) is 74.4 Å². The van der Waals surface area contributed by atoms with Crippen molar-refractivity contribution in [2.45, 2.75) is 44.9 Å². The topological polar surface area (TPSA) is 0 Å². The molecule has 0 radical (unpaired) electrons. The summed E-state index contributed by atoms with van der Waals surface area (Å²) < 4.78 is 27.6. The number of hydrogen-bond acceptors (Lipinski definition) is 0. The highest BCUT2D eigenvalue weighted by Gasteiger charge is 2.13. The third-order valence-electron chi connectivity index (χ3n) is 8.82. The number of unbranched alkanes of at least 4 members (excludes halogenated alkanes) is 4. The summed E-state index contributed by atoms with van der Waals surface area (Å²) in [6.07, 6.45) is 8.39. The van der Waals surface area contributed by atoms with Gasteiger partial charge in [0.25, 0.3) is 0 Å². The summed E-state index contributed by atoms with van der Waals surface area (Å²) in [5.74, 6) is -0.326. The lowest BCUT2D eigenvalue weighted by atomic mass is 9.73. The van der Waals surface area contributed by atoms with E-state index in [9.17, 15) is 8.78 Å². The van der Waals surface area contributed by atoms with Crippen molar-refractivity contribution in [2.75, 3.05) is 0 Å². The summed E-state index contributed by atoms with van der Waals surface area (Å²) in [7, 11) is 16.9. The van der Waals surface area contributed by atoms with Crippen LogP contribution in [-0.2, 0) is 12.8 Å². The Kier molecular flexibility index (Phi) is 10.3.